The summed E-state index contributed by atoms with van der Waals surface area (Å²) in [6.07, 6.45) is 3.24. The topological polar surface area (TPSA) is 145 Å². The van der Waals surface area contributed by atoms with E-state index in [1.54, 1.807) is 48.8 Å². The number of nitrogen functional groups attached to an aromatic ring is 2. The second-order valence-corrected chi connectivity index (χ2v) is 9.32. The van der Waals surface area contributed by atoms with Gasteiger partial charge >= 0.3 is 6.01 Å². The summed E-state index contributed by atoms with van der Waals surface area (Å²) in [5.74, 6) is 0.250. The van der Waals surface area contributed by atoms with Gasteiger partial charge in [0.05, 0.1) is 0 Å². The van der Waals surface area contributed by atoms with Crippen molar-refractivity contribution in [2.75, 3.05) is 11.1 Å². The molecule has 0 bridgehead atoms. The van der Waals surface area contributed by atoms with Gasteiger partial charge in [0.1, 0.15) is 17.3 Å². The molecule has 0 aliphatic carbocycles. The minimum absolute atomic E-state index is 0.0498. The lowest BCUT2D eigenvalue weighted by Gasteiger charge is -2.15. The van der Waals surface area contributed by atoms with Gasteiger partial charge in [-0.1, -0.05) is 36.4 Å². The van der Waals surface area contributed by atoms with Crippen molar-refractivity contribution < 1.29 is 9.53 Å². The zero-order valence-corrected chi connectivity index (χ0v) is 21.3. The fourth-order valence-electron chi connectivity index (χ4n) is 4.71. The van der Waals surface area contributed by atoms with Crippen molar-refractivity contribution in [1.82, 2.24) is 14.5 Å². The number of ether oxygens (including phenoxy) is 1. The van der Waals surface area contributed by atoms with Crippen molar-refractivity contribution in [2.45, 2.75) is 6.54 Å². The van der Waals surface area contributed by atoms with Crippen molar-refractivity contribution in [3.8, 4) is 11.8 Å². The molecular formula is C31H25N7O2. The maximum absolute atomic E-state index is 13.6. The first-order valence-corrected chi connectivity index (χ1v) is 12.6. The Morgan fingerprint density at radius 3 is 2.45 bits per heavy atom. The molecule has 0 atom stereocenters. The van der Waals surface area contributed by atoms with Crippen LogP contribution in [-0.4, -0.2) is 26.3 Å². The summed E-state index contributed by atoms with van der Waals surface area (Å²) in [7, 11) is 0. The number of carbonyl (C=O) groups is 1. The largest absolute Gasteiger partial charge is 0.424 e. The molecule has 6 aromatic rings. The highest BCUT2D eigenvalue weighted by molar-refractivity contribution is 6.07. The van der Waals surface area contributed by atoms with E-state index in [4.69, 9.17) is 21.6 Å². The van der Waals surface area contributed by atoms with E-state index in [1.165, 1.54) is 0 Å². The molecule has 9 heteroatoms. The van der Waals surface area contributed by atoms with E-state index in [-0.39, 0.29) is 17.8 Å². The van der Waals surface area contributed by atoms with E-state index in [0.29, 0.717) is 34.9 Å². The van der Waals surface area contributed by atoms with Crippen LogP contribution >= 0.6 is 0 Å². The van der Waals surface area contributed by atoms with Crippen LogP contribution < -0.4 is 21.5 Å². The predicted molar refractivity (Wildman–Crippen MR) is 157 cm³/mol. The van der Waals surface area contributed by atoms with Gasteiger partial charge in [-0.15, -0.1) is 0 Å². The molecule has 40 heavy (non-hydrogen) atoms. The molecule has 0 aliphatic rings. The molecule has 6 N–H and O–H groups in total. The lowest BCUT2D eigenvalue weighted by Crippen LogP contribution is -2.18. The molecule has 2 heterocycles. The van der Waals surface area contributed by atoms with Crippen LogP contribution in [0.25, 0.3) is 21.7 Å². The van der Waals surface area contributed by atoms with Crippen molar-refractivity contribution in [2.24, 2.45) is 5.73 Å². The molecule has 0 saturated carbocycles. The Labute approximate surface area is 229 Å². The highest BCUT2D eigenvalue weighted by Gasteiger charge is 2.19. The fourth-order valence-corrected chi connectivity index (χ4v) is 4.71. The molecule has 0 spiro atoms. The molecule has 0 saturated heterocycles. The van der Waals surface area contributed by atoms with Crippen LogP contribution in [0.2, 0.25) is 0 Å². The first-order chi connectivity index (χ1) is 19.4. The van der Waals surface area contributed by atoms with Crippen LogP contribution in [0, 0.1) is 5.41 Å². The molecular weight excluding hydrogens is 502 g/mol. The zero-order valence-electron chi connectivity index (χ0n) is 21.3. The SMILES string of the molecule is N=C(N)c1ccc2cc(C(=O)Nc3ccc(N)cc3)n(Cc3cc(Oc4ncccn4)cc4ccccc34)c2c1. The van der Waals surface area contributed by atoms with E-state index in [9.17, 15) is 4.79 Å². The smallest absolute Gasteiger partial charge is 0.321 e. The third kappa shape index (κ3) is 4.91. The number of benzene rings is 4. The Balaban J connectivity index is 1.47. The number of hydrogen-bond acceptors (Lipinski definition) is 6. The van der Waals surface area contributed by atoms with Gasteiger partial charge in [-0.2, -0.15) is 0 Å². The van der Waals surface area contributed by atoms with E-state index in [2.05, 4.69) is 15.3 Å². The van der Waals surface area contributed by atoms with E-state index in [0.717, 1.165) is 27.2 Å². The van der Waals surface area contributed by atoms with E-state index in [1.807, 2.05) is 59.2 Å². The fraction of sp³-hybridized carbons (Fsp3) is 0.0323. The minimum Gasteiger partial charge on any atom is -0.424 e. The average molecular weight is 528 g/mol. The monoisotopic (exact) mass is 527 g/mol. The lowest BCUT2D eigenvalue weighted by atomic mass is 10.0. The van der Waals surface area contributed by atoms with E-state index >= 15 is 0 Å². The number of fused-ring (bicyclic) bond motifs is 2. The Morgan fingerprint density at radius 1 is 0.900 bits per heavy atom. The third-order valence-electron chi connectivity index (χ3n) is 6.62. The maximum atomic E-state index is 13.6. The number of nitrogens with two attached hydrogens (primary N) is 2. The molecule has 6 rings (SSSR count). The summed E-state index contributed by atoms with van der Waals surface area (Å²) in [5.41, 5.74) is 15.6. The van der Waals surface area contributed by atoms with Gasteiger partial charge in [0, 0.05) is 46.8 Å². The summed E-state index contributed by atoms with van der Waals surface area (Å²) >= 11 is 0. The summed E-state index contributed by atoms with van der Waals surface area (Å²) in [6, 6.07) is 28.1. The molecule has 0 fully saturated rings. The van der Waals surface area contributed by atoms with Crippen LogP contribution in [0.3, 0.4) is 0 Å². The minimum atomic E-state index is -0.278. The van der Waals surface area contributed by atoms with Gasteiger partial charge in [-0.25, -0.2) is 9.97 Å². The Kier molecular flexibility index (Phi) is 6.29. The van der Waals surface area contributed by atoms with Crippen LogP contribution in [0.4, 0.5) is 11.4 Å². The lowest BCUT2D eigenvalue weighted by molar-refractivity contribution is 0.101. The number of amidine groups is 1. The molecule has 1 amide bonds. The van der Waals surface area contributed by atoms with Crippen LogP contribution in [0.15, 0.2) is 103 Å². The standard InChI is InChI=1S/C31H25N7O2/c32-23-8-10-24(11-9-23)37-30(39)28-16-20-6-7-21(29(33)34)17-27(20)38(28)18-22-15-25(40-31-35-12-3-13-36-31)14-19-4-1-2-5-26(19)22/h1-17H,18,32H2,(H3,33,34)(H,37,39). The highest BCUT2D eigenvalue weighted by atomic mass is 16.5. The molecule has 2 aromatic heterocycles. The molecule has 196 valence electrons. The van der Waals surface area contributed by atoms with E-state index < -0.39 is 0 Å². The second-order valence-electron chi connectivity index (χ2n) is 9.32. The Hall–Kier alpha value is -5.70. The molecule has 9 nitrogen and oxygen atoms in total. The van der Waals surface area contributed by atoms with Crippen molar-refractivity contribution >= 4 is 44.8 Å². The first-order valence-electron chi connectivity index (χ1n) is 12.6. The third-order valence-corrected chi connectivity index (χ3v) is 6.62. The second kappa shape index (κ2) is 10.2. The Morgan fingerprint density at radius 2 is 1.68 bits per heavy atom. The van der Waals surface area contributed by atoms with Crippen molar-refractivity contribution in [3.63, 3.8) is 0 Å². The summed E-state index contributed by atoms with van der Waals surface area (Å²) in [4.78, 5) is 22.0. The summed E-state index contributed by atoms with van der Waals surface area (Å²) in [5, 5.41) is 13.8. The van der Waals surface area contributed by atoms with Crippen molar-refractivity contribution in [1.29, 1.82) is 5.41 Å². The number of aromatic nitrogens is 3. The predicted octanol–water partition coefficient (Wildman–Crippen LogP) is 5.54. The van der Waals surface area contributed by atoms with Gasteiger partial charge in [0.25, 0.3) is 5.91 Å². The molecule has 0 unspecified atom stereocenters. The summed E-state index contributed by atoms with van der Waals surface area (Å²) < 4.78 is 7.91. The van der Waals surface area contributed by atoms with Crippen LogP contribution in [0.5, 0.6) is 11.8 Å². The molecule has 4 aromatic carbocycles. The number of amides is 1. The quantitative estimate of drug-likeness (QED) is 0.122. The van der Waals surface area contributed by atoms with Gasteiger partial charge in [-0.3, -0.25) is 10.2 Å². The number of carbonyl (C=O) groups excluding carboxylic acids is 1. The average Bonchev–Trinajstić information content (AvgIpc) is 3.32. The van der Waals surface area contributed by atoms with Crippen molar-refractivity contribution in [3.05, 3.63) is 120 Å². The number of hydrogen-bond donors (Lipinski definition) is 4. The zero-order chi connectivity index (χ0) is 27.6. The molecule has 0 radical (unpaired) electrons. The Bertz CT molecular complexity index is 1880. The van der Waals surface area contributed by atoms with Gasteiger partial charge in [0.15, 0.2) is 0 Å². The van der Waals surface area contributed by atoms with Crippen LogP contribution in [-0.2, 0) is 6.54 Å². The summed E-state index contributed by atoms with van der Waals surface area (Å²) in [6.45, 7) is 0.350. The maximum Gasteiger partial charge on any atom is 0.321 e. The number of nitrogens with zero attached hydrogens (tertiary/aromatic N) is 3. The van der Waals surface area contributed by atoms with Crippen LogP contribution in [0.1, 0.15) is 21.6 Å². The number of rotatable bonds is 7. The number of anilines is 2. The normalized spacial score (nSPS) is 11.0. The first kappa shape index (κ1) is 24.6. The van der Waals surface area contributed by atoms with Gasteiger partial charge in [-0.05, 0) is 70.9 Å². The highest BCUT2D eigenvalue weighted by Crippen LogP contribution is 2.31. The number of nitrogens with one attached hydrogen (secondary N) is 2. The molecule has 0 aliphatic heterocycles. The van der Waals surface area contributed by atoms with Gasteiger partial charge < -0.3 is 26.1 Å². The van der Waals surface area contributed by atoms with Gasteiger partial charge in [0.2, 0.25) is 0 Å².